The normalized spacial score (nSPS) is 10.6. The summed E-state index contributed by atoms with van der Waals surface area (Å²) in [6.45, 7) is 7.82. The fourth-order valence-corrected chi connectivity index (χ4v) is 2.19. The molecule has 0 bridgehead atoms. The number of esters is 1. The molecule has 1 N–H and O–H groups in total. The molecule has 0 radical (unpaired) electrons. The lowest BCUT2D eigenvalue weighted by molar-refractivity contribution is 0.0142. The molecule has 0 spiro atoms. The number of ether oxygens (including phenoxy) is 3. The highest BCUT2D eigenvalue weighted by atomic mass is 16.6. The highest BCUT2D eigenvalue weighted by Crippen LogP contribution is 2.10. The Morgan fingerprint density at radius 2 is 1.48 bits per heavy atom. The second-order valence-electron chi connectivity index (χ2n) is 5.93. The van der Waals surface area contributed by atoms with E-state index in [-0.39, 0.29) is 12.6 Å². The van der Waals surface area contributed by atoms with Gasteiger partial charge >= 0.3 is 5.97 Å². The van der Waals surface area contributed by atoms with Crippen LogP contribution in [0.1, 0.15) is 56.3 Å². The number of carbonyl (C=O) groups is 1. The van der Waals surface area contributed by atoms with Gasteiger partial charge in [-0.05, 0) is 37.1 Å². The summed E-state index contributed by atoms with van der Waals surface area (Å²) in [7, 11) is 0. The number of anilines is 1. The van der Waals surface area contributed by atoms with Crippen LogP contribution in [-0.2, 0) is 14.2 Å². The number of hydrogen-bond acceptors (Lipinski definition) is 5. The molecule has 0 fully saturated rings. The minimum absolute atomic E-state index is 0.255. The smallest absolute Gasteiger partial charge is 0.338 e. The zero-order chi connectivity index (χ0) is 18.2. The van der Waals surface area contributed by atoms with Crippen LogP contribution < -0.4 is 5.32 Å². The Morgan fingerprint density at radius 1 is 0.840 bits per heavy atom. The SMILES string of the molecule is CCCCCOCCOCCOC(=O)c1ccc(NCCCC)cc1. The van der Waals surface area contributed by atoms with Crippen LogP contribution in [0.4, 0.5) is 5.69 Å². The van der Waals surface area contributed by atoms with E-state index >= 15 is 0 Å². The Balaban J connectivity index is 2.06. The second kappa shape index (κ2) is 14.7. The topological polar surface area (TPSA) is 56.8 Å². The van der Waals surface area contributed by atoms with E-state index in [0.29, 0.717) is 25.4 Å². The first kappa shape index (κ1) is 21.5. The van der Waals surface area contributed by atoms with Gasteiger partial charge in [0.2, 0.25) is 0 Å². The van der Waals surface area contributed by atoms with Crippen LogP contribution in [0.5, 0.6) is 0 Å². The summed E-state index contributed by atoms with van der Waals surface area (Å²) in [6, 6.07) is 7.36. The third kappa shape index (κ3) is 10.8. The minimum atomic E-state index is -0.320. The van der Waals surface area contributed by atoms with Gasteiger partial charge in [-0.3, -0.25) is 0 Å². The standard InChI is InChI=1S/C20H33NO4/c1-3-5-7-13-23-14-15-24-16-17-25-20(22)18-8-10-19(11-9-18)21-12-6-4-2/h8-11,21H,3-7,12-17H2,1-2H3. The molecule has 25 heavy (non-hydrogen) atoms. The zero-order valence-electron chi connectivity index (χ0n) is 15.7. The van der Waals surface area contributed by atoms with Crippen LogP contribution in [0.15, 0.2) is 24.3 Å². The quantitative estimate of drug-likeness (QED) is 0.377. The van der Waals surface area contributed by atoms with Gasteiger partial charge in [0.1, 0.15) is 6.61 Å². The molecule has 142 valence electrons. The van der Waals surface area contributed by atoms with Crippen molar-refractivity contribution < 1.29 is 19.0 Å². The predicted molar refractivity (Wildman–Crippen MR) is 101 cm³/mol. The van der Waals surface area contributed by atoms with Crippen molar-refractivity contribution >= 4 is 11.7 Å². The Kier molecular flexibility index (Phi) is 12.6. The summed E-state index contributed by atoms with van der Waals surface area (Å²) in [5.74, 6) is -0.320. The van der Waals surface area contributed by atoms with Crippen molar-refractivity contribution in [1.29, 1.82) is 0 Å². The molecule has 0 unspecified atom stereocenters. The highest BCUT2D eigenvalue weighted by molar-refractivity contribution is 5.89. The second-order valence-corrected chi connectivity index (χ2v) is 5.93. The van der Waals surface area contributed by atoms with Crippen molar-refractivity contribution in [1.82, 2.24) is 0 Å². The maximum Gasteiger partial charge on any atom is 0.338 e. The molecule has 0 aliphatic rings. The first-order valence-corrected chi connectivity index (χ1v) is 9.44. The molecule has 0 saturated heterocycles. The molecule has 1 aromatic carbocycles. The third-order valence-electron chi connectivity index (χ3n) is 3.71. The number of benzene rings is 1. The van der Waals surface area contributed by atoms with Gasteiger partial charge in [-0.2, -0.15) is 0 Å². The number of rotatable bonds is 15. The monoisotopic (exact) mass is 351 g/mol. The van der Waals surface area contributed by atoms with Crippen LogP contribution in [0.3, 0.4) is 0 Å². The van der Waals surface area contributed by atoms with Gasteiger partial charge in [-0.1, -0.05) is 33.1 Å². The predicted octanol–water partition coefficient (Wildman–Crippen LogP) is 4.28. The Hall–Kier alpha value is -1.59. The summed E-state index contributed by atoms with van der Waals surface area (Å²) in [5, 5.41) is 3.32. The zero-order valence-corrected chi connectivity index (χ0v) is 15.7. The Bertz CT molecular complexity index is 448. The van der Waals surface area contributed by atoms with E-state index in [0.717, 1.165) is 38.1 Å². The number of nitrogens with one attached hydrogen (secondary N) is 1. The lowest BCUT2D eigenvalue weighted by Crippen LogP contribution is -2.13. The van der Waals surface area contributed by atoms with Crippen LogP contribution in [0, 0.1) is 0 Å². The average Bonchev–Trinajstić information content (AvgIpc) is 2.64. The third-order valence-corrected chi connectivity index (χ3v) is 3.71. The molecule has 0 atom stereocenters. The van der Waals surface area contributed by atoms with Crippen molar-refractivity contribution in [2.45, 2.75) is 46.0 Å². The van der Waals surface area contributed by atoms with Crippen molar-refractivity contribution in [3.63, 3.8) is 0 Å². The summed E-state index contributed by atoms with van der Waals surface area (Å²) in [5.41, 5.74) is 1.58. The maximum atomic E-state index is 11.9. The fraction of sp³-hybridized carbons (Fsp3) is 0.650. The van der Waals surface area contributed by atoms with E-state index in [2.05, 4.69) is 19.2 Å². The van der Waals surface area contributed by atoms with Crippen molar-refractivity contribution in [2.24, 2.45) is 0 Å². The van der Waals surface area contributed by atoms with E-state index in [4.69, 9.17) is 14.2 Å². The Morgan fingerprint density at radius 3 is 2.16 bits per heavy atom. The molecule has 0 heterocycles. The van der Waals surface area contributed by atoms with Crippen molar-refractivity contribution in [3.05, 3.63) is 29.8 Å². The van der Waals surface area contributed by atoms with Gasteiger partial charge in [-0.25, -0.2) is 4.79 Å². The molecule has 0 saturated carbocycles. The van der Waals surface area contributed by atoms with E-state index in [1.807, 2.05) is 12.1 Å². The van der Waals surface area contributed by atoms with Crippen LogP contribution in [0.2, 0.25) is 0 Å². The molecule has 0 aliphatic heterocycles. The lowest BCUT2D eigenvalue weighted by Gasteiger charge is -2.08. The average molecular weight is 351 g/mol. The first-order chi connectivity index (χ1) is 12.3. The molecule has 0 aromatic heterocycles. The lowest BCUT2D eigenvalue weighted by atomic mass is 10.2. The van der Waals surface area contributed by atoms with Gasteiger partial charge in [0.15, 0.2) is 0 Å². The number of unbranched alkanes of at least 4 members (excludes halogenated alkanes) is 3. The van der Waals surface area contributed by atoms with Gasteiger partial charge in [0.05, 0.1) is 25.4 Å². The molecular weight excluding hydrogens is 318 g/mol. The molecule has 5 heteroatoms. The number of hydrogen-bond donors (Lipinski definition) is 1. The molecule has 0 amide bonds. The summed E-state index contributed by atoms with van der Waals surface area (Å²) in [4.78, 5) is 11.9. The van der Waals surface area contributed by atoms with E-state index in [1.165, 1.54) is 12.8 Å². The van der Waals surface area contributed by atoms with Crippen LogP contribution >= 0.6 is 0 Å². The first-order valence-electron chi connectivity index (χ1n) is 9.44. The fourth-order valence-electron chi connectivity index (χ4n) is 2.19. The minimum Gasteiger partial charge on any atom is -0.460 e. The van der Waals surface area contributed by atoms with Crippen molar-refractivity contribution in [3.8, 4) is 0 Å². The van der Waals surface area contributed by atoms with Gasteiger partial charge in [0, 0.05) is 18.8 Å². The maximum absolute atomic E-state index is 11.9. The van der Waals surface area contributed by atoms with Crippen LogP contribution in [-0.4, -0.2) is 45.5 Å². The van der Waals surface area contributed by atoms with Gasteiger partial charge in [-0.15, -0.1) is 0 Å². The van der Waals surface area contributed by atoms with Gasteiger partial charge < -0.3 is 19.5 Å². The van der Waals surface area contributed by atoms with E-state index < -0.39 is 0 Å². The number of carbonyl (C=O) groups excluding carboxylic acids is 1. The molecule has 5 nitrogen and oxygen atoms in total. The van der Waals surface area contributed by atoms with Crippen LogP contribution in [0.25, 0.3) is 0 Å². The molecule has 1 rings (SSSR count). The van der Waals surface area contributed by atoms with Gasteiger partial charge in [0.25, 0.3) is 0 Å². The summed E-state index contributed by atoms with van der Waals surface area (Å²) >= 11 is 0. The van der Waals surface area contributed by atoms with Crippen molar-refractivity contribution in [2.75, 3.05) is 44.9 Å². The Labute approximate surface area is 152 Å². The largest absolute Gasteiger partial charge is 0.460 e. The molecular formula is C20H33NO4. The summed E-state index contributed by atoms with van der Waals surface area (Å²) in [6.07, 6.45) is 5.79. The molecule has 0 aliphatic carbocycles. The summed E-state index contributed by atoms with van der Waals surface area (Å²) < 4.78 is 16.0. The highest BCUT2D eigenvalue weighted by Gasteiger charge is 2.06. The molecule has 1 aromatic rings. The van der Waals surface area contributed by atoms with E-state index in [9.17, 15) is 4.79 Å². The van der Waals surface area contributed by atoms with E-state index in [1.54, 1.807) is 12.1 Å².